The lowest BCUT2D eigenvalue weighted by molar-refractivity contribution is -0.134. The molecule has 1 N–H and O–H groups in total. The number of aromatic nitrogens is 3. The summed E-state index contributed by atoms with van der Waals surface area (Å²) in [6, 6.07) is 12.4. The van der Waals surface area contributed by atoms with Gasteiger partial charge < -0.3 is 10.2 Å². The van der Waals surface area contributed by atoms with E-state index in [9.17, 15) is 4.79 Å². The van der Waals surface area contributed by atoms with Gasteiger partial charge in [-0.05, 0) is 41.7 Å². The highest BCUT2D eigenvalue weighted by Crippen LogP contribution is 2.27. The number of anilines is 1. The number of carbonyl (C=O) groups is 1. The summed E-state index contributed by atoms with van der Waals surface area (Å²) in [5, 5.41) is 2.96. The highest BCUT2D eigenvalue weighted by Gasteiger charge is 2.30. The second-order valence-electron chi connectivity index (χ2n) is 8.52. The lowest BCUT2D eigenvalue weighted by Crippen LogP contribution is -2.37. The number of hydrogen-bond acceptors (Lipinski definition) is 6. The third-order valence-corrected chi connectivity index (χ3v) is 6.13. The molecule has 1 saturated heterocycles. The normalized spacial score (nSPS) is 17.1. The van der Waals surface area contributed by atoms with Gasteiger partial charge in [0.15, 0.2) is 0 Å². The van der Waals surface area contributed by atoms with Gasteiger partial charge in [0.2, 0.25) is 11.9 Å². The van der Waals surface area contributed by atoms with E-state index in [4.69, 9.17) is 0 Å². The molecule has 7 heteroatoms. The van der Waals surface area contributed by atoms with E-state index < -0.39 is 0 Å². The molecule has 4 rings (SSSR count). The Kier molecular flexibility index (Phi) is 7.62. The Morgan fingerprint density at radius 2 is 1.82 bits per heavy atom. The zero-order chi connectivity index (χ0) is 23.0. The van der Waals surface area contributed by atoms with Crippen LogP contribution in [0, 0.1) is 5.92 Å². The van der Waals surface area contributed by atoms with Crippen molar-refractivity contribution in [2.75, 3.05) is 38.5 Å². The first-order chi connectivity index (χ1) is 16.2. The Labute approximate surface area is 195 Å². The van der Waals surface area contributed by atoms with Crippen molar-refractivity contribution in [3.8, 4) is 11.1 Å². The smallest absolute Gasteiger partial charge is 0.227 e. The molecule has 1 aliphatic rings. The molecule has 1 fully saturated rings. The van der Waals surface area contributed by atoms with E-state index in [1.165, 1.54) is 11.1 Å². The maximum atomic E-state index is 13.5. The van der Waals surface area contributed by atoms with Crippen molar-refractivity contribution in [1.82, 2.24) is 24.8 Å². The SMILES string of the molecule is CCCN1CCN(Cc2cnc(NC)nc2)C[C@H](Cc2ccccc2-c2ccncc2)C1=O. The van der Waals surface area contributed by atoms with Gasteiger partial charge in [0.25, 0.3) is 0 Å². The van der Waals surface area contributed by atoms with Crippen LogP contribution in [0.25, 0.3) is 11.1 Å². The van der Waals surface area contributed by atoms with Crippen LogP contribution in [0.2, 0.25) is 0 Å². The Morgan fingerprint density at radius 1 is 1.06 bits per heavy atom. The summed E-state index contributed by atoms with van der Waals surface area (Å²) >= 11 is 0. The predicted octanol–water partition coefficient (Wildman–Crippen LogP) is 3.49. The molecule has 172 valence electrons. The molecule has 1 aromatic carbocycles. The molecule has 0 bridgehead atoms. The van der Waals surface area contributed by atoms with Crippen molar-refractivity contribution in [3.63, 3.8) is 0 Å². The molecule has 33 heavy (non-hydrogen) atoms. The second kappa shape index (κ2) is 11.0. The van der Waals surface area contributed by atoms with Crippen LogP contribution >= 0.6 is 0 Å². The minimum Gasteiger partial charge on any atom is -0.357 e. The quantitative estimate of drug-likeness (QED) is 0.573. The number of hydrogen-bond donors (Lipinski definition) is 1. The van der Waals surface area contributed by atoms with Gasteiger partial charge in [0.1, 0.15) is 0 Å². The van der Waals surface area contributed by atoms with Crippen LogP contribution in [0.3, 0.4) is 0 Å². The summed E-state index contributed by atoms with van der Waals surface area (Å²) in [6.45, 7) is 5.99. The first kappa shape index (κ1) is 22.9. The van der Waals surface area contributed by atoms with Crippen LogP contribution in [0.15, 0.2) is 61.2 Å². The molecular weight excluding hydrogens is 412 g/mol. The Balaban J connectivity index is 1.57. The number of pyridine rings is 1. The first-order valence-electron chi connectivity index (χ1n) is 11.7. The van der Waals surface area contributed by atoms with Crippen molar-refractivity contribution in [2.45, 2.75) is 26.3 Å². The van der Waals surface area contributed by atoms with Gasteiger partial charge in [0, 0.05) is 70.1 Å². The number of amides is 1. The van der Waals surface area contributed by atoms with Crippen molar-refractivity contribution >= 4 is 11.9 Å². The number of carbonyl (C=O) groups excluding carboxylic acids is 1. The molecule has 1 amide bonds. The summed E-state index contributed by atoms with van der Waals surface area (Å²) in [6.07, 6.45) is 9.03. The van der Waals surface area contributed by atoms with E-state index in [0.717, 1.165) is 50.3 Å². The van der Waals surface area contributed by atoms with E-state index in [-0.39, 0.29) is 11.8 Å². The Morgan fingerprint density at radius 3 is 2.55 bits per heavy atom. The van der Waals surface area contributed by atoms with Crippen molar-refractivity contribution in [2.24, 2.45) is 5.92 Å². The fourth-order valence-electron chi connectivity index (χ4n) is 4.50. The predicted molar refractivity (Wildman–Crippen MR) is 131 cm³/mol. The van der Waals surface area contributed by atoms with Gasteiger partial charge in [-0.25, -0.2) is 9.97 Å². The average Bonchev–Trinajstić information content (AvgIpc) is 3.00. The zero-order valence-corrected chi connectivity index (χ0v) is 19.4. The lowest BCUT2D eigenvalue weighted by Gasteiger charge is -2.24. The molecular formula is C26H32N6O. The van der Waals surface area contributed by atoms with Crippen LogP contribution < -0.4 is 5.32 Å². The van der Waals surface area contributed by atoms with Crippen LogP contribution in [0.4, 0.5) is 5.95 Å². The molecule has 7 nitrogen and oxygen atoms in total. The largest absolute Gasteiger partial charge is 0.357 e. The van der Waals surface area contributed by atoms with Crippen LogP contribution in [-0.4, -0.2) is 63.9 Å². The summed E-state index contributed by atoms with van der Waals surface area (Å²) in [5.41, 5.74) is 4.55. The highest BCUT2D eigenvalue weighted by molar-refractivity contribution is 5.80. The maximum absolute atomic E-state index is 13.5. The van der Waals surface area contributed by atoms with Crippen LogP contribution in [0.1, 0.15) is 24.5 Å². The van der Waals surface area contributed by atoms with Crippen molar-refractivity contribution in [3.05, 3.63) is 72.3 Å². The number of rotatable bonds is 8. The summed E-state index contributed by atoms with van der Waals surface area (Å²) in [4.78, 5) is 30.8. The van der Waals surface area contributed by atoms with E-state index in [1.807, 2.05) is 48.9 Å². The van der Waals surface area contributed by atoms with Gasteiger partial charge in [-0.3, -0.25) is 14.7 Å². The fourth-order valence-corrected chi connectivity index (χ4v) is 4.50. The molecule has 0 aliphatic carbocycles. The molecule has 0 unspecified atom stereocenters. The molecule has 1 atom stereocenters. The van der Waals surface area contributed by atoms with Gasteiger partial charge in [0.05, 0.1) is 5.92 Å². The standard InChI is InChI=1S/C26H32N6O/c1-3-12-32-14-13-31(18-20-16-29-26(27-2)30-17-20)19-23(25(32)33)15-22-6-4-5-7-24(22)21-8-10-28-11-9-21/h4-11,16-17,23H,3,12-15,18-19H2,1-2H3,(H,27,29,30)/t23-/m0/s1. The lowest BCUT2D eigenvalue weighted by atomic mass is 9.91. The molecule has 2 aromatic heterocycles. The van der Waals surface area contributed by atoms with Crippen molar-refractivity contribution < 1.29 is 4.79 Å². The van der Waals surface area contributed by atoms with Gasteiger partial charge in [-0.2, -0.15) is 0 Å². The third-order valence-electron chi connectivity index (χ3n) is 6.13. The maximum Gasteiger partial charge on any atom is 0.227 e. The molecule has 3 aromatic rings. The van der Waals surface area contributed by atoms with E-state index in [2.05, 4.69) is 56.4 Å². The summed E-state index contributed by atoms with van der Waals surface area (Å²) < 4.78 is 0. The number of nitrogens with one attached hydrogen (secondary N) is 1. The van der Waals surface area contributed by atoms with Crippen LogP contribution in [-0.2, 0) is 17.8 Å². The third kappa shape index (κ3) is 5.73. The van der Waals surface area contributed by atoms with Gasteiger partial charge >= 0.3 is 0 Å². The minimum absolute atomic E-state index is 0.0977. The molecule has 0 spiro atoms. The zero-order valence-electron chi connectivity index (χ0n) is 19.4. The van der Waals surface area contributed by atoms with E-state index >= 15 is 0 Å². The Hall–Kier alpha value is -3.32. The topological polar surface area (TPSA) is 74.2 Å². The average molecular weight is 445 g/mol. The summed E-state index contributed by atoms with van der Waals surface area (Å²) in [7, 11) is 1.81. The minimum atomic E-state index is -0.0977. The first-order valence-corrected chi connectivity index (χ1v) is 11.7. The Bertz CT molecular complexity index is 1040. The monoisotopic (exact) mass is 444 g/mol. The van der Waals surface area contributed by atoms with Crippen molar-refractivity contribution in [1.29, 1.82) is 0 Å². The van der Waals surface area contributed by atoms with Crippen LogP contribution in [0.5, 0.6) is 0 Å². The van der Waals surface area contributed by atoms with Gasteiger partial charge in [-0.15, -0.1) is 0 Å². The number of nitrogens with zero attached hydrogens (tertiary/aromatic N) is 5. The van der Waals surface area contributed by atoms with E-state index in [1.54, 1.807) is 0 Å². The molecule has 0 saturated carbocycles. The molecule has 3 heterocycles. The second-order valence-corrected chi connectivity index (χ2v) is 8.52. The summed E-state index contributed by atoms with van der Waals surface area (Å²) in [5.74, 6) is 0.773. The number of benzene rings is 1. The van der Waals surface area contributed by atoms with Gasteiger partial charge in [-0.1, -0.05) is 31.2 Å². The van der Waals surface area contributed by atoms with E-state index in [0.29, 0.717) is 12.4 Å². The molecule has 1 aliphatic heterocycles. The fraction of sp³-hybridized carbons (Fsp3) is 0.385. The highest BCUT2D eigenvalue weighted by atomic mass is 16.2. The molecule has 0 radical (unpaired) electrons.